The molecule has 152 valence electrons. The van der Waals surface area contributed by atoms with Crippen molar-refractivity contribution in [2.45, 2.75) is 77.5 Å². The largest absolute Gasteiger partial charge is 0.347 e. The predicted octanol–water partition coefficient (Wildman–Crippen LogP) is 2.56. The summed E-state index contributed by atoms with van der Waals surface area (Å²) in [5, 5.41) is 17.3. The average Bonchev–Trinajstić information content (AvgIpc) is 2.59. The molecule has 1 aliphatic carbocycles. The minimum atomic E-state index is -0.697. The molecule has 1 heterocycles. The van der Waals surface area contributed by atoms with Crippen LogP contribution < -0.4 is 5.32 Å². The minimum absolute atomic E-state index is 0.0205. The van der Waals surface area contributed by atoms with Gasteiger partial charge < -0.3 is 5.32 Å². The van der Waals surface area contributed by atoms with Crippen LogP contribution in [0, 0.1) is 11.8 Å². The number of hydrogen-bond acceptors (Lipinski definition) is 8. The Labute approximate surface area is 154 Å². The van der Waals surface area contributed by atoms with Crippen LogP contribution >= 0.6 is 0 Å². The van der Waals surface area contributed by atoms with Gasteiger partial charge in [0.25, 0.3) is 0 Å². The Hall–Kier alpha value is -0.810. The second-order valence-corrected chi connectivity index (χ2v) is 7.38. The van der Waals surface area contributed by atoms with Gasteiger partial charge in [0.1, 0.15) is 11.7 Å². The van der Waals surface area contributed by atoms with Crippen LogP contribution in [0.5, 0.6) is 0 Å². The second-order valence-electron chi connectivity index (χ2n) is 7.38. The summed E-state index contributed by atoms with van der Waals surface area (Å²) >= 11 is 0. The van der Waals surface area contributed by atoms with Gasteiger partial charge in [0, 0.05) is 6.42 Å². The summed E-state index contributed by atoms with van der Waals surface area (Å²) in [6.07, 6.45) is 1.85. The molecule has 1 spiro atoms. The van der Waals surface area contributed by atoms with Crippen molar-refractivity contribution < 1.29 is 39.5 Å². The molecule has 0 aromatic heterocycles. The molecule has 9 nitrogen and oxygen atoms in total. The van der Waals surface area contributed by atoms with Crippen molar-refractivity contribution >= 4 is 5.91 Å². The lowest BCUT2D eigenvalue weighted by atomic mass is 9.57. The summed E-state index contributed by atoms with van der Waals surface area (Å²) in [4.78, 5) is 32.5. The molecule has 2 rings (SSSR count). The first-order valence-corrected chi connectivity index (χ1v) is 9.29. The van der Waals surface area contributed by atoms with Gasteiger partial charge in [-0.1, -0.05) is 32.7 Å². The van der Waals surface area contributed by atoms with Crippen molar-refractivity contribution in [1.82, 2.24) is 5.32 Å². The van der Waals surface area contributed by atoms with E-state index in [1.165, 1.54) is 0 Å². The Bertz CT molecular complexity index is 454. The molecule has 1 amide bonds. The summed E-state index contributed by atoms with van der Waals surface area (Å²) in [6.45, 7) is 10.7. The smallest absolute Gasteiger partial charge is 0.223 e. The van der Waals surface area contributed by atoms with Gasteiger partial charge in [-0.2, -0.15) is 9.78 Å². The third-order valence-electron chi connectivity index (χ3n) is 5.59. The maximum Gasteiger partial charge on any atom is 0.223 e. The summed E-state index contributed by atoms with van der Waals surface area (Å²) in [5.41, 5.74) is -1.24. The molecule has 9 heteroatoms. The Morgan fingerprint density at radius 3 is 2.23 bits per heavy atom. The summed E-state index contributed by atoms with van der Waals surface area (Å²) in [6, 6.07) is 0. The SMILES string of the molecule is CCCOOOO[C@@H]1C[C@@](C)(OOOCCC)[C@@H](C)[C@@H](C)C12CC(=O)N2. The van der Waals surface area contributed by atoms with Crippen molar-refractivity contribution in [2.24, 2.45) is 11.8 Å². The van der Waals surface area contributed by atoms with Gasteiger partial charge in [-0.3, -0.25) is 4.79 Å². The normalized spacial score (nSPS) is 36.8. The lowest BCUT2D eigenvalue weighted by molar-refractivity contribution is -0.647. The molecular weight excluding hydrogens is 346 g/mol. The van der Waals surface area contributed by atoms with E-state index in [1.54, 1.807) is 0 Å². The summed E-state index contributed by atoms with van der Waals surface area (Å²) in [5.74, 6) is 0.0807. The summed E-state index contributed by atoms with van der Waals surface area (Å²) in [7, 11) is 0. The van der Waals surface area contributed by atoms with Crippen molar-refractivity contribution in [3.05, 3.63) is 0 Å². The first-order chi connectivity index (χ1) is 12.4. The molecule has 5 atom stereocenters. The highest BCUT2D eigenvalue weighted by Gasteiger charge is 2.63. The van der Waals surface area contributed by atoms with Crippen LogP contribution in [0.3, 0.4) is 0 Å². The zero-order chi connectivity index (χ0) is 19.2. The van der Waals surface area contributed by atoms with Gasteiger partial charge in [0.05, 0.1) is 25.2 Å². The Balaban J connectivity index is 2.01. The third-order valence-corrected chi connectivity index (χ3v) is 5.59. The van der Waals surface area contributed by atoms with Gasteiger partial charge in [0.2, 0.25) is 5.91 Å². The molecule has 1 saturated carbocycles. The van der Waals surface area contributed by atoms with E-state index in [1.807, 2.05) is 27.7 Å². The van der Waals surface area contributed by atoms with E-state index in [4.69, 9.17) is 29.6 Å². The number of nitrogens with one attached hydrogen (secondary N) is 1. The standard InChI is InChI=1S/C17H31NO8/c1-6-8-20-24-23-16(5)10-14(22-26-25-21-9-7-2)17(11-15(19)18-17)13(4)12(16)3/h12-14H,6-11H2,1-5H3,(H,18,19)/t12-,13+,14+,16+,17?/m0/s1. The van der Waals surface area contributed by atoms with E-state index in [0.29, 0.717) is 26.1 Å². The van der Waals surface area contributed by atoms with E-state index >= 15 is 0 Å². The summed E-state index contributed by atoms with van der Waals surface area (Å²) < 4.78 is 0. The molecule has 26 heavy (non-hydrogen) atoms. The predicted molar refractivity (Wildman–Crippen MR) is 88.5 cm³/mol. The van der Waals surface area contributed by atoms with Crippen LogP contribution in [-0.2, 0) is 39.5 Å². The van der Waals surface area contributed by atoms with E-state index in [2.05, 4.69) is 17.3 Å². The van der Waals surface area contributed by atoms with Crippen molar-refractivity contribution in [3.8, 4) is 0 Å². The molecule has 0 bridgehead atoms. The lowest BCUT2D eigenvalue weighted by Crippen LogP contribution is -2.76. The Kier molecular flexibility index (Phi) is 7.77. The van der Waals surface area contributed by atoms with E-state index < -0.39 is 17.2 Å². The topological polar surface area (TPSA) is 93.7 Å². The number of carbonyl (C=O) groups is 1. The Morgan fingerprint density at radius 1 is 1.04 bits per heavy atom. The van der Waals surface area contributed by atoms with Crippen LogP contribution in [-0.4, -0.2) is 36.4 Å². The molecule has 0 aromatic carbocycles. The van der Waals surface area contributed by atoms with Gasteiger partial charge >= 0.3 is 0 Å². The van der Waals surface area contributed by atoms with E-state index in [9.17, 15) is 4.79 Å². The van der Waals surface area contributed by atoms with Crippen LogP contribution in [0.4, 0.5) is 0 Å². The molecule has 1 N–H and O–H groups in total. The van der Waals surface area contributed by atoms with Crippen LogP contribution in [0.1, 0.15) is 60.3 Å². The zero-order valence-electron chi connectivity index (χ0n) is 16.2. The lowest BCUT2D eigenvalue weighted by Gasteiger charge is -2.58. The number of rotatable bonds is 11. The van der Waals surface area contributed by atoms with Crippen molar-refractivity contribution in [3.63, 3.8) is 0 Å². The number of amides is 1. The highest BCUT2D eigenvalue weighted by atomic mass is 17.7. The molecule has 0 radical (unpaired) electrons. The highest BCUT2D eigenvalue weighted by Crippen LogP contribution is 2.50. The van der Waals surface area contributed by atoms with Gasteiger partial charge in [0.15, 0.2) is 0 Å². The molecule has 0 aromatic rings. The molecule has 1 unspecified atom stereocenters. The fraction of sp³-hybridized carbons (Fsp3) is 0.941. The zero-order valence-corrected chi connectivity index (χ0v) is 16.2. The van der Waals surface area contributed by atoms with Gasteiger partial charge in [-0.05, 0) is 41.7 Å². The third kappa shape index (κ3) is 4.53. The van der Waals surface area contributed by atoms with Gasteiger partial charge in [-0.25, -0.2) is 9.78 Å². The van der Waals surface area contributed by atoms with E-state index in [-0.39, 0.29) is 17.7 Å². The first-order valence-electron chi connectivity index (χ1n) is 9.29. The second kappa shape index (κ2) is 9.41. The van der Waals surface area contributed by atoms with Crippen LogP contribution in [0.15, 0.2) is 0 Å². The molecule has 1 aliphatic heterocycles. The molecule has 2 aliphatic rings. The van der Waals surface area contributed by atoms with Gasteiger partial charge in [-0.15, -0.1) is 0 Å². The van der Waals surface area contributed by atoms with Crippen molar-refractivity contribution in [2.75, 3.05) is 13.2 Å². The molecule has 2 fully saturated rings. The monoisotopic (exact) mass is 377 g/mol. The first kappa shape index (κ1) is 21.5. The quantitative estimate of drug-likeness (QED) is 0.254. The van der Waals surface area contributed by atoms with Crippen LogP contribution in [0.2, 0.25) is 0 Å². The van der Waals surface area contributed by atoms with Crippen LogP contribution in [0.25, 0.3) is 0 Å². The Morgan fingerprint density at radius 2 is 1.65 bits per heavy atom. The minimum Gasteiger partial charge on any atom is -0.347 e. The van der Waals surface area contributed by atoms with Crippen molar-refractivity contribution in [1.29, 1.82) is 0 Å². The average molecular weight is 377 g/mol. The highest BCUT2D eigenvalue weighted by molar-refractivity contribution is 5.85. The fourth-order valence-corrected chi connectivity index (χ4v) is 3.63. The number of carbonyl (C=O) groups excluding carboxylic acids is 1. The fourth-order valence-electron chi connectivity index (χ4n) is 3.63. The number of β-lactam (4-membered cyclic amide) rings is 1. The maximum absolute atomic E-state index is 11.7. The number of hydrogen-bond donors (Lipinski definition) is 1. The maximum atomic E-state index is 11.7. The molecular formula is C17H31NO8. The molecule has 1 saturated heterocycles. The van der Waals surface area contributed by atoms with E-state index in [0.717, 1.165) is 12.8 Å².